The van der Waals surface area contributed by atoms with Gasteiger partial charge in [-0.3, -0.25) is 0 Å². The Morgan fingerprint density at radius 3 is 2.50 bits per heavy atom. The maximum Gasteiger partial charge on any atom is 0.388 e. The monoisotopic (exact) mass is 214 g/mol. The molecule has 74 valence electrons. The highest BCUT2D eigenvalue weighted by Crippen LogP contribution is 2.06. The normalized spacial score (nSPS) is 8.86. The number of benzene rings is 1. The van der Waals surface area contributed by atoms with Gasteiger partial charge in [0, 0.05) is 0 Å². The number of carbonyl (C=O) groups excluding carboxylic acids is 1. The molecule has 0 aliphatic heterocycles. The van der Waals surface area contributed by atoms with Crippen LogP contribution >= 0.6 is 0 Å². The number of nitrogens with one attached hydrogen (secondary N) is 1. The van der Waals surface area contributed by atoms with Crippen LogP contribution in [0.25, 0.3) is 0 Å². The highest BCUT2D eigenvalue weighted by atomic mass is 32.2. The summed E-state index contributed by atoms with van der Waals surface area (Å²) < 4.78 is 22.5. The minimum atomic E-state index is -2.77. The summed E-state index contributed by atoms with van der Waals surface area (Å²) in [6.45, 7) is 0. The smallest absolute Gasteiger partial charge is 0.378 e. The summed E-state index contributed by atoms with van der Waals surface area (Å²) in [6.07, 6.45) is 0. The Bertz CT molecular complexity index is 432. The van der Waals surface area contributed by atoms with Crippen LogP contribution < -0.4 is 10.3 Å². The fourth-order valence-electron chi connectivity index (χ4n) is 0.677. The van der Waals surface area contributed by atoms with E-state index in [-0.39, 0.29) is 0 Å². The van der Waals surface area contributed by atoms with Gasteiger partial charge in [-0.1, -0.05) is 22.6 Å². The van der Waals surface area contributed by atoms with E-state index in [0.29, 0.717) is 5.75 Å². The van der Waals surface area contributed by atoms with E-state index >= 15 is 0 Å². The second kappa shape index (κ2) is 4.97. The lowest BCUT2D eigenvalue weighted by molar-refractivity contribution is 0.186. The molecule has 0 unspecified atom stereocenters. The van der Waals surface area contributed by atoms with E-state index in [2.05, 4.69) is 4.36 Å². The van der Waals surface area contributed by atoms with Crippen LogP contribution in [0, 0.1) is 0 Å². The topological polar surface area (TPSA) is 84.8 Å². The molecule has 0 saturated carbocycles. The third-order valence-corrected chi connectivity index (χ3v) is 1.47. The molecule has 0 fully saturated rings. The molecule has 0 aromatic heterocycles. The standard InChI is InChI=1S/C7H6N2O4S/c10-7(9-14(11)12)8-13-6-4-2-1-3-5-6/h1-5H,(H,8,10). The van der Waals surface area contributed by atoms with Crippen LogP contribution in [0.4, 0.5) is 4.79 Å². The first kappa shape index (κ1) is 10.2. The average Bonchev–Trinajstić information content (AvgIpc) is 2.15. The molecule has 0 aliphatic carbocycles. The predicted molar refractivity (Wildman–Crippen MR) is 46.9 cm³/mol. The van der Waals surface area contributed by atoms with E-state index in [0.717, 1.165) is 0 Å². The van der Waals surface area contributed by atoms with Crippen LogP contribution in [0.2, 0.25) is 0 Å². The molecule has 6 nitrogen and oxygen atoms in total. The van der Waals surface area contributed by atoms with E-state index in [1.54, 1.807) is 30.3 Å². The summed E-state index contributed by atoms with van der Waals surface area (Å²) in [5.74, 6) is 0.382. The van der Waals surface area contributed by atoms with Crippen LogP contribution in [0.1, 0.15) is 0 Å². The van der Waals surface area contributed by atoms with Crippen LogP contribution in [0.3, 0.4) is 0 Å². The number of carbonyl (C=O) groups is 1. The highest BCUT2D eigenvalue weighted by Gasteiger charge is 1.98. The second-order valence-corrected chi connectivity index (χ2v) is 2.75. The third-order valence-electron chi connectivity index (χ3n) is 1.16. The predicted octanol–water partition coefficient (Wildman–Crippen LogP) is 0.753. The zero-order valence-electron chi connectivity index (χ0n) is 6.88. The number of nitrogens with zero attached hydrogens (tertiary/aromatic N) is 1. The molecule has 1 N–H and O–H groups in total. The molecule has 7 heteroatoms. The summed E-state index contributed by atoms with van der Waals surface area (Å²) in [6, 6.07) is 7.27. The van der Waals surface area contributed by atoms with E-state index in [4.69, 9.17) is 4.84 Å². The molecule has 1 rings (SSSR count). The molecule has 1 aromatic rings. The van der Waals surface area contributed by atoms with Gasteiger partial charge in [-0.2, -0.15) is 13.9 Å². The lowest BCUT2D eigenvalue weighted by Crippen LogP contribution is -2.23. The largest absolute Gasteiger partial charge is 0.388 e. The first-order valence-electron chi connectivity index (χ1n) is 3.51. The van der Waals surface area contributed by atoms with Gasteiger partial charge in [-0.25, -0.2) is 4.79 Å². The second-order valence-electron chi connectivity index (χ2n) is 2.13. The Labute approximate surface area is 81.2 Å². The molecule has 0 radical (unpaired) electrons. The molecule has 0 heterocycles. The lowest BCUT2D eigenvalue weighted by Gasteiger charge is -2.01. The Balaban J connectivity index is 2.50. The minimum absolute atomic E-state index is 0.382. The van der Waals surface area contributed by atoms with Crippen molar-refractivity contribution in [2.75, 3.05) is 0 Å². The summed E-state index contributed by atoms with van der Waals surface area (Å²) in [5, 5.41) is 0. The van der Waals surface area contributed by atoms with Gasteiger partial charge in [0.1, 0.15) is 0 Å². The Morgan fingerprint density at radius 1 is 1.29 bits per heavy atom. The first-order chi connectivity index (χ1) is 6.68. The molecule has 0 bridgehead atoms. The van der Waals surface area contributed by atoms with Crippen molar-refractivity contribution in [1.29, 1.82) is 0 Å². The first-order valence-corrected chi connectivity index (χ1v) is 4.54. The van der Waals surface area contributed by atoms with Gasteiger partial charge in [-0.15, -0.1) is 0 Å². The van der Waals surface area contributed by atoms with Gasteiger partial charge in [0.2, 0.25) is 0 Å². The van der Waals surface area contributed by atoms with Crippen LogP contribution in [-0.4, -0.2) is 14.4 Å². The van der Waals surface area contributed by atoms with E-state index in [9.17, 15) is 13.2 Å². The van der Waals surface area contributed by atoms with Crippen molar-refractivity contribution in [2.45, 2.75) is 0 Å². The summed E-state index contributed by atoms with van der Waals surface area (Å²) in [5.41, 5.74) is 1.83. The van der Waals surface area contributed by atoms with Crippen molar-refractivity contribution in [3.63, 3.8) is 0 Å². The molecule has 0 atom stereocenters. The number of urea groups is 1. The SMILES string of the molecule is O=C(N=S(=O)=O)NOc1ccccc1. The fourth-order valence-corrected chi connectivity index (χ4v) is 0.850. The van der Waals surface area contributed by atoms with Gasteiger partial charge < -0.3 is 4.84 Å². The number of hydrogen-bond donors (Lipinski definition) is 1. The molecule has 2 amide bonds. The van der Waals surface area contributed by atoms with Crippen molar-refractivity contribution >= 4 is 16.5 Å². The van der Waals surface area contributed by atoms with Crippen LogP contribution in [0.15, 0.2) is 34.7 Å². The van der Waals surface area contributed by atoms with E-state index in [1.807, 2.05) is 5.48 Å². The van der Waals surface area contributed by atoms with Crippen LogP contribution in [0.5, 0.6) is 5.75 Å². The van der Waals surface area contributed by atoms with Crippen molar-refractivity contribution in [1.82, 2.24) is 5.48 Å². The summed E-state index contributed by atoms with van der Waals surface area (Å²) in [4.78, 5) is 15.3. The van der Waals surface area contributed by atoms with Gasteiger partial charge in [0.15, 0.2) is 5.75 Å². The third kappa shape index (κ3) is 3.68. The van der Waals surface area contributed by atoms with Gasteiger partial charge in [-0.05, 0) is 12.1 Å². The molecule has 0 saturated heterocycles. The average molecular weight is 214 g/mol. The van der Waals surface area contributed by atoms with Crippen LogP contribution in [-0.2, 0) is 10.5 Å². The molecule has 0 spiro atoms. The molecular formula is C7H6N2O4S. The highest BCUT2D eigenvalue weighted by molar-refractivity contribution is 7.62. The number of amides is 2. The van der Waals surface area contributed by atoms with Crippen molar-refractivity contribution < 1.29 is 18.0 Å². The van der Waals surface area contributed by atoms with Crippen molar-refractivity contribution in [2.24, 2.45) is 4.36 Å². The number of rotatable bonds is 2. The van der Waals surface area contributed by atoms with Crippen molar-refractivity contribution in [3.05, 3.63) is 30.3 Å². The maximum atomic E-state index is 10.6. The number of hydroxylamine groups is 1. The van der Waals surface area contributed by atoms with E-state index < -0.39 is 16.5 Å². The molecule has 1 aromatic carbocycles. The van der Waals surface area contributed by atoms with Gasteiger partial charge >= 0.3 is 16.5 Å². The molecule has 0 aliphatic rings. The Hall–Kier alpha value is -1.89. The summed E-state index contributed by atoms with van der Waals surface area (Å²) >= 11 is 0. The quantitative estimate of drug-likeness (QED) is 0.736. The lowest BCUT2D eigenvalue weighted by atomic mass is 10.3. The zero-order chi connectivity index (χ0) is 10.4. The van der Waals surface area contributed by atoms with Gasteiger partial charge in [0.25, 0.3) is 0 Å². The van der Waals surface area contributed by atoms with Gasteiger partial charge in [0.05, 0.1) is 0 Å². The number of para-hydroxylation sites is 1. The zero-order valence-corrected chi connectivity index (χ0v) is 7.69. The fraction of sp³-hybridized carbons (Fsp3) is 0. The molecular weight excluding hydrogens is 208 g/mol. The van der Waals surface area contributed by atoms with Crippen molar-refractivity contribution in [3.8, 4) is 5.75 Å². The maximum absolute atomic E-state index is 10.6. The van der Waals surface area contributed by atoms with E-state index in [1.165, 1.54) is 0 Å². The summed E-state index contributed by atoms with van der Waals surface area (Å²) in [7, 11) is -2.77. The Kier molecular flexibility index (Phi) is 3.62. The number of hydrogen-bond acceptors (Lipinski definition) is 4. The molecule has 14 heavy (non-hydrogen) atoms. The Morgan fingerprint density at radius 2 is 1.93 bits per heavy atom. The minimum Gasteiger partial charge on any atom is -0.378 e.